The van der Waals surface area contributed by atoms with Gasteiger partial charge in [0.2, 0.25) is 4.96 Å². The Hall–Kier alpha value is -2.93. The lowest BCUT2D eigenvalue weighted by atomic mass is 10.1. The Balaban J connectivity index is 1.41. The minimum Gasteiger partial charge on any atom is -0.497 e. The van der Waals surface area contributed by atoms with Crippen LogP contribution in [0.15, 0.2) is 54.6 Å². The van der Waals surface area contributed by atoms with E-state index in [0.29, 0.717) is 6.61 Å². The van der Waals surface area contributed by atoms with Crippen LogP contribution in [0.4, 0.5) is 0 Å². The van der Waals surface area contributed by atoms with Gasteiger partial charge in [-0.1, -0.05) is 41.7 Å². The molecule has 7 heteroatoms. The summed E-state index contributed by atoms with van der Waals surface area (Å²) in [5.74, 6) is 2.45. The summed E-state index contributed by atoms with van der Waals surface area (Å²) in [7, 11) is 1.64. The van der Waals surface area contributed by atoms with Gasteiger partial charge in [-0.3, -0.25) is 0 Å². The molecule has 4 rings (SSSR count). The zero-order valence-corrected chi connectivity index (χ0v) is 15.1. The lowest BCUT2D eigenvalue weighted by molar-refractivity contribution is 0.303. The third kappa shape index (κ3) is 3.67. The number of nitrogens with zero attached hydrogens (tertiary/aromatic N) is 4. The number of hydrogen-bond acceptors (Lipinski definition) is 6. The van der Waals surface area contributed by atoms with Gasteiger partial charge in [0, 0.05) is 6.42 Å². The second kappa shape index (κ2) is 7.53. The summed E-state index contributed by atoms with van der Waals surface area (Å²) in [6, 6.07) is 17.9. The molecule has 0 atom stereocenters. The zero-order valence-electron chi connectivity index (χ0n) is 14.3. The van der Waals surface area contributed by atoms with E-state index < -0.39 is 0 Å². The number of aryl methyl sites for hydroxylation is 2. The van der Waals surface area contributed by atoms with E-state index >= 15 is 0 Å². The van der Waals surface area contributed by atoms with E-state index in [1.54, 1.807) is 7.11 Å². The van der Waals surface area contributed by atoms with Crippen LogP contribution in [0.5, 0.6) is 11.5 Å². The maximum absolute atomic E-state index is 5.79. The van der Waals surface area contributed by atoms with Gasteiger partial charge in [-0.15, -0.1) is 10.2 Å². The van der Waals surface area contributed by atoms with Crippen LogP contribution in [0.1, 0.15) is 16.4 Å². The molecular formula is C19H18N4O2S. The fourth-order valence-electron chi connectivity index (χ4n) is 2.63. The van der Waals surface area contributed by atoms with Crippen molar-refractivity contribution in [2.24, 2.45) is 0 Å². The van der Waals surface area contributed by atoms with E-state index in [-0.39, 0.29) is 0 Å². The van der Waals surface area contributed by atoms with Crippen LogP contribution in [-0.2, 0) is 19.4 Å². The first-order valence-electron chi connectivity index (χ1n) is 8.32. The smallest absolute Gasteiger partial charge is 0.234 e. The van der Waals surface area contributed by atoms with Crippen molar-refractivity contribution in [3.63, 3.8) is 0 Å². The third-order valence-electron chi connectivity index (χ3n) is 4.00. The van der Waals surface area contributed by atoms with Crippen molar-refractivity contribution < 1.29 is 9.47 Å². The summed E-state index contributed by atoms with van der Waals surface area (Å²) < 4.78 is 12.8. The zero-order chi connectivity index (χ0) is 17.8. The van der Waals surface area contributed by atoms with E-state index in [1.807, 2.05) is 47.0 Å². The van der Waals surface area contributed by atoms with Crippen LogP contribution < -0.4 is 9.47 Å². The molecule has 0 saturated carbocycles. The lowest BCUT2D eigenvalue weighted by Crippen LogP contribution is -2.01. The molecule has 0 amide bonds. The number of ether oxygens (including phenoxy) is 2. The molecule has 0 radical (unpaired) electrons. The van der Waals surface area contributed by atoms with Gasteiger partial charge >= 0.3 is 0 Å². The van der Waals surface area contributed by atoms with Crippen LogP contribution >= 0.6 is 11.3 Å². The molecule has 26 heavy (non-hydrogen) atoms. The molecule has 2 heterocycles. The summed E-state index contributed by atoms with van der Waals surface area (Å²) in [5, 5.41) is 13.9. The molecule has 2 aromatic heterocycles. The number of rotatable bonds is 7. The Bertz CT molecular complexity index is 980. The Kier molecular flexibility index (Phi) is 4.79. The highest BCUT2D eigenvalue weighted by Gasteiger charge is 2.12. The highest BCUT2D eigenvalue weighted by molar-refractivity contribution is 7.16. The second-order valence-electron chi connectivity index (χ2n) is 5.76. The van der Waals surface area contributed by atoms with Crippen molar-refractivity contribution in [1.29, 1.82) is 0 Å². The highest BCUT2D eigenvalue weighted by Crippen LogP contribution is 2.20. The maximum Gasteiger partial charge on any atom is 0.234 e. The van der Waals surface area contributed by atoms with Crippen LogP contribution in [0, 0.1) is 0 Å². The highest BCUT2D eigenvalue weighted by atomic mass is 32.1. The molecule has 0 fully saturated rings. The Morgan fingerprint density at radius 3 is 2.46 bits per heavy atom. The van der Waals surface area contributed by atoms with Gasteiger partial charge in [0.15, 0.2) is 10.8 Å². The summed E-state index contributed by atoms with van der Waals surface area (Å²) in [6.07, 6.45) is 1.71. The Labute approximate surface area is 155 Å². The average Bonchev–Trinajstić information content (AvgIpc) is 3.26. The number of methoxy groups -OCH3 is 1. The number of fused-ring (bicyclic) bond motifs is 1. The van der Waals surface area contributed by atoms with Crippen molar-refractivity contribution in [3.8, 4) is 11.5 Å². The third-order valence-corrected chi connectivity index (χ3v) is 4.87. The molecular weight excluding hydrogens is 348 g/mol. The predicted molar refractivity (Wildman–Crippen MR) is 99.8 cm³/mol. The molecule has 0 aliphatic heterocycles. The largest absolute Gasteiger partial charge is 0.497 e. The molecule has 0 unspecified atom stereocenters. The molecule has 0 spiro atoms. The molecule has 0 aliphatic rings. The van der Waals surface area contributed by atoms with Crippen molar-refractivity contribution in [1.82, 2.24) is 19.8 Å². The van der Waals surface area contributed by atoms with E-state index in [9.17, 15) is 0 Å². The van der Waals surface area contributed by atoms with Gasteiger partial charge in [-0.2, -0.15) is 9.61 Å². The SMILES string of the molecule is COc1ccc(OCc2nn3c(CCc4ccccc4)nnc3s2)cc1. The maximum atomic E-state index is 5.79. The molecule has 0 bridgehead atoms. The summed E-state index contributed by atoms with van der Waals surface area (Å²) >= 11 is 1.50. The quantitative estimate of drug-likeness (QED) is 0.500. The van der Waals surface area contributed by atoms with Crippen molar-refractivity contribution in [3.05, 3.63) is 71.0 Å². The summed E-state index contributed by atoms with van der Waals surface area (Å²) in [6.45, 7) is 0.401. The fourth-order valence-corrected chi connectivity index (χ4v) is 3.39. The summed E-state index contributed by atoms with van der Waals surface area (Å²) in [4.78, 5) is 0.793. The van der Waals surface area contributed by atoms with Gasteiger partial charge < -0.3 is 9.47 Å². The van der Waals surface area contributed by atoms with Crippen molar-refractivity contribution >= 4 is 16.3 Å². The van der Waals surface area contributed by atoms with Gasteiger partial charge in [0.05, 0.1) is 7.11 Å². The minimum atomic E-state index is 0.401. The Morgan fingerprint density at radius 2 is 1.69 bits per heavy atom. The first-order chi connectivity index (χ1) is 12.8. The standard InChI is InChI=1S/C19H18N4O2S/c1-24-15-8-10-16(11-9-15)25-13-18-22-23-17(20-21-19(23)26-18)12-7-14-5-3-2-4-6-14/h2-6,8-11H,7,12-13H2,1H3. The second-order valence-corrected chi connectivity index (χ2v) is 6.80. The summed E-state index contributed by atoms with van der Waals surface area (Å²) in [5.41, 5.74) is 1.28. The van der Waals surface area contributed by atoms with Crippen LogP contribution in [0.3, 0.4) is 0 Å². The molecule has 0 aliphatic carbocycles. The van der Waals surface area contributed by atoms with Gasteiger partial charge in [-0.05, 0) is 36.2 Å². The van der Waals surface area contributed by atoms with Crippen molar-refractivity contribution in [2.45, 2.75) is 19.4 Å². The van der Waals surface area contributed by atoms with Gasteiger partial charge in [0.1, 0.15) is 18.1 Å². The average molecular weight is 366 g/mol. The van der Waals surface area contributed by atoms with Crippen molar-refractivity contribution in [2.75, 3.05) is 7.11 Å². The first kappa shape index (κ1) is 16.5. The minimum absolute atomic E-state index is 0.401. The number of benzene rings is 2. The van der Waals surface area contributed by atoms with Gasteiger partial charge in [-0.25, -0.2) is 0 Å². The Morgan fingerprint density at radius 1 is 0.923 bits per heavy atom. The number of hydrogen-bond donors (Lipinski definition) is 0. The molecule has 132 valence electrons. The normalized spacial score (nSPS) is 11.0. The van der Waals surface area contributed by atoms with E-state index in [1.165, 1.54) is 16.9 Å². The lowest BCUT2D eigenvalue weighted by Gasteiger charge is -2.04. The molecule has 6 nitrogen and oxygen atoms in total. The van der Waals surface area contributed by atoms with Crippen LogP contribution in [0.25, 0.3) is 4.96 Å². The monoisotopic (exact) mass is 366 g/mol. The molecule has 0 N–H and O–H groups in total. The number of aromatic nitrogens is 4. The van der Waals surface area contributed by atoms with E-state index in [4.69, 9.17) is 9.47 Å². The molecule has 2 aromatic carbocycles. The van der Waals surface area contributed by atoms with E-state index in [0.717, 1.165) is 40.1 Å². The van der Waals surface area contributed by atoms with Crippen LogP contribution in [-0.4, -0.2) is 26.9 Å². The first-order valence-corrected chi connectivity index (χ1v) is 9.14. The van der Waals surface area contributed by atoms with Gasteiger partial charge in [0.25, 0.3) is 0 Å². The van der Waals surface area contributed by atoms with Crippen LogP contribution in [0.2, 0.25) is 0 Å². The van der Waals surface area contributed by atoms with E-state index in [2.05, 4.69) is 27.4 Å². The predicted octanol–water partition coefficient (Wildman–Crippen LogP) is 3.56. The topological polar surface area (TPSA) is 61.5 Å². The molecule has 0 saturated heterocycles. The fraction of sp³-hybridized carbons (Fsp3) is 0.211. The molecule has 4 aromatic rings.